The van der Waals surface area contributed by atoms with E-state index in [1.807, 2.05) is 0 Å². The third-order valence-corrected chi connectivity index (χ3v) is 0.986. The Morgan fingerprint density at radius 3 is 2.09 bits per heavy atom. The summed E-state index contributed by atoms with van der Waals surface area (Å²) in [5, 5.41) is 16.3. The first kappa shape index (κ1) is 13.4. The molecule has 0 aromatic carbocycles. The molecule has 1 unspecified atom stereocenters. The van der Waals surface area contributed by atoms with Gasteiger partial charge in [-0.15, -0.1) is 0 Å². The van der Waals surface area contributed by atoms with Gasteiger partial charge in [0.25, 0.3) is 0 Å². The number of hydrogen-bond donors (Lipinski definition) is 3. The molecule has 0 rings (SSSR count). The summed E-state index contributed by atoms with van der Waals surface area (Å²) in [5.41, 5.74) is 5.00. The maximum absolute atomic E-state index is 9.99. The molecule has 2 radical (unpaired) electrons. The fraction of sp³-hybridized carbons (Fsp3) is 0.600. The van der Waals surface area contributed by atoms with Crippen LogP contribution in [-0.4, -0.2) is 55.5 Å². The van der Waals surface area contributed by atoms with E-state index in [4.69, 9.17) is 15.9 Å². The number of rotatable bonds is 4. The molecule has 0 aliphatic rings. The Morgan fingerprint density at radius 2 is 1.82 bits per heavy atom. The summed E-state index contributed by atoms with van der Waals surface area (Å²) >= 11 is 0. The number of nitrogens with two attached hydrogens (primary N) is 1. The molecule has 0 saturated carbocycles. The molecule has 0 aromatic rings. The molecular weight excluding hydrogens is 345 g/mol. The van der Waals surface area contributed by atoms with E-state index in [0.717, 1.165) is 0 Å². The number of hydrogen-bond acceptors (Lipinski definition) is 3. The summed E-state index contributed by atoms with van der Waals surface area (Å²) in [6.07, 6.45) is -0.224. The molecule has 11 heavy (non-hydrogen) atoms. The van der Waals surface area contributed by atoms with Gasteiger partial charge in [0.05, 0.1) is 0 Å². The normalized spacial score (nSPS) is 11.4. The van der Waals surface area contributed by atoms with Gasteiger partial charge in [0.2, 0.25) is 0 Å². The van der Waals surface area contributed by atoms with Gasteiger partial charge in [0.15, 0.2) is 0 Å². The van der Waals surface area contributed by atoms with Crippen LogP contribution in [0, 0.1) is 0 Å². The van der Waals surface area contributed by atoms with Crippen LogP contribution in [0.3, 0.4) is 0 Å². The third kappa shape index (κ3) is 7.72. The van der Waals surface area contributed by atoms with Crippen LogP contribution in [0.4, 0.5) is 0 Å². The standard InChI is InChI=1S/C5H9NO4.Pb.2H/c6-3(5(9)10)1-2-4(7)8;;;/h3H,1-2,6H2,(H,7,8)(H,9,10);;;. The van der Waals surface area contributed by atoms with Crippen LogP contribution < -0.4 is 5.73 Å². The Morgan fingerprint density at radius 1 is 1.36 bits per heavy atom. The van der Waals surface area contributed by atoms with E-state index in [2.05, 4.69) is 0 Å². The molecule has 0 heterocycles. The summed E-state index contributed by atoms with van der Waals surface area (Å²) in [5.74, 6) is -2.20. The predicted octanol–water partition coefficient (Wildman–Crippen LogP) is -1.65. The van der Waals surface area contributed by atoms with Crippen LogP contribution in [0.15, 0.2) is 0 Å². The first-order chi connectivity index (χ1) is 4.54. The van der Waals surface area contributed by atoms with Crippen molar-refractivity contribution in [1.29, 1.82) is 0 Å². The van der Waals surface area contributed by atoms with Crippen molar-refractivity contribution in [2.75, 3.05) is 0 Å². The monoisotopic (exact) mass is 357 g/mol. The summed E-state index contributed by atoms with van der Waals surface area (Å²) in [7, 11) is 0. The summed E-state index contributed by atoms with van der Waals surface area (Å²) in [6, 6.07) is -1.06. The first-order valence-electron chi connectivity index (χ1n) is 2.74. The molecule has 0 fully saturated rings. The zero-order valence-electron chi connectivity index (χ0n) is 5.99. The summed E-state index contributed by atoms with van der Waals surface area (Å²) in [6.45, 7) is 0. The van der Waals surface area contributed by atoms with Crippen LogP contribution in [0.1, 0.15) is 12.8 Å². The second kappa shape index (κ2) is 6.53. The molecule has 0 aliphatic carbocycles. The molecule has 0 aliphatic heterocycles. The average molecular weight is 356 g/mol. The van der Waals surface area contributed by atoms with Gasteiger partial charge < -0.3 is 15.9 Å². The molecule has 0 aromatic heterocycles. The van der Waals surface area contributed by atoms with Crippen LogP contribution >= 0.6 is 0 Å². The van der Waals surface area contributed by atoms with Crippen LogP contribution in [0.5, 0.6) is 0 Å². The third-order valence-electron chi connectivity index (χ3n) is 0.986. The molecule has 6 heteroatoms. The molecule has 0 spiro atoms. The zero-order chi connectivity index (χ0) is 8.15. The fourth-order valence-corrected chi connectivity index (χ4v) is 0.402. The van der Waals surface area contributed by atoms with E-state index in [-0.39, 0.29) is 40.1 Å². The minimum atomic E-state index is -1.17. The Balaban J connectivity index is 0. The Labute approximate surface area is 83.7 Å². The number of carbonyl (C=O) groups is 2. The van der Waals surface area contributed by atoms with E-state index in [1.54, 1.807) is 0 Å². The second-order valence-electron chi connectivity index (χ2n) is 1.88. The molecule has 64 valence electrons. The maximum atomic E-state index is 9.99. The van der Waals surface area contributed by atoms with E-state index < -0.39 is 18.0 Å². The van der Waals surface area contributed by atoms with Gasteiger partial charge in [-0.1, -0.05) is 0 Å². The molecule has 0 amide bonds. The van der Waals surface area contributed by atoms with E-state index >= 15 is 0 Å². The average Bonchev–Trinajstić information content (AvgIpc) is 1.82. The van der Waals surface area contributed by atoms with Crippen molar-refractivity contribution in [1.82, 2.24) is 0 Å². The second-order valence-corrected chi connectivity index (χ2v) is 1.88. The predicted molar refractivity (Wildman–Crippen MR) is 41.0 cm³/mol. The fourth-order valence-electron chi connectivity index (χ4n) is 0.402. The van der Waals surface area contributed by atoms with Crippen LogP contribution in [0.2, 0.25) is 0 Å². The van der Waals surface area contributed by atoms with Crippen LogP contribution in [-0.2, 0) is 9.59 Å². The van der Waals surface area contributed by atoms with E-state index in [9.17, 15) is 9.59 Å². The van der Waals surface area contributed by atoms with Gasteiger partial charge in [-0.05, 0) is 6.42 Å². The Hall–Kier alpha value is -0.178. The van der Waals surface area contributed by atoms with Crippen molar-refractivity contribution < 1.29 is 19.8 Å². The Bertz CT molecular complexity index is 149. The molecule has 0 bridgehead atoms. The van der Waals surface area contributed by atoms with Gasteiger partial charge in [-0.3, -0.25) is 9.59 Å². The number of carboxylic acids is 2. The van der Waals surface area contributed by atoms with Crippen LogP contribution in [0.25, 0.3) is 0 Å². The summed E-state index contributed by atoms with van der Waals surface area (Å²) < 4.78 is 0. The van der Waals surface area contributed by atoms with Crippen molar-refractivity contribution >= 4 is 39.2 Å². The van der Waals surface area contributed by atoms with Gasteiger partial charge in [0, 0.05) is 6.42 Å². The summed E-state index contributed by atoms with van der Waals surface area (Å²) in [4.78, 5) is 19.9. The van der Waals surface area contributed by atoms with Gasteiger partial charge in [0.1, 0.15) is 6.04 Å². The molecule has 0 saturated heterocycles. The number of carboxylic acid groups (broad SMARTS) is 2. The van der Waals surface area contributed by atoms with Gasteiger partial charge in [-0.2, -0.15) is 0 Å². The SMILES string of the molecule is NC(CCC(=O)O)C(=O)O.[PbH2]. The topological polar surface area (TPSA) is 101 Å². The minimum absolute atomic E-state index is 0. The molecule has 4 N–H and O–H groups in total. The quantitative estimate of drug-likeness (QED) is 0.524. The molecular formula is C5H11NO4Pb. The van der Waals surface area contributed by atoms with Crippen molar-refractivity contribution in [3.05, 3.63) is 0 Å². The zero-order valence-corrected chi connectivity index (χ0v) is 11.5. The molecule has 1 atom stereocenters. The van der Waals surface area contributed by atoms with E-state index in [0.29, 0.717) is 0 Å². The van der Waals surface area contributed by atoms with Crippen molar-refractivity contribution in [3.8, 4) is 0 Å². The van der Waals surface area contributed by atoms with Gasteiger partial charge >= 0.3 is 39.2 Å². The Kier molecular flexibility index (Phi) is 7.96. The van der Waals surface area contributed by atoms with Gasteiger partial charge in [-0.25, -0.2) is 0 Å². The van der Waals surface area contributed by atoms with Crippen molar-refractivity contribution in [2.45, 2.75) is 18.9 Å². The molecule has 5 nitrogen and oxygen atoms in total. The first-order valence-corrected chi connectivity index (χ1v) is 2.74. The van der Waals surface area contributed by atoms with Crippen molar-refractivity contribution in [2.24, 2.45) is 5.73 Å². The number of aliphatic carboxylic acids is 2. The van der Waals surface area contributed by atoms with E-state index in [1.165, 1.54) is 0 Å². The van der Waals surface area contributed by atoms with Crippen molar-refractivity contribution in [3.63, 3.8) is 0 Å².